The van der Waals surface area contributed by atoms with Gasteiger partial charge in [-0.2, -0.15) is 0 Å². The predicted octanol–water partition coefficient (Wildman–Crippen LogP) is 2.61. The van der Waals surface area contributed by atoms with E-state index in [0.29, 0.717) is 25.1 Å². The second kappa shape index (κ2) is 9.37. The predicted molar refractivity (Wildman–Crippen MR) is 80.0 cm³/mol. The van der Waals surface area contributed by atoms with Gasteiger partial charge in [-0.15, -0.1) is 0 Å². The zero-order valence-electron chi connectivity index (χ0n) is 12.4. The standard InChI is InChI=1S/C16H25NO3/c1-3-4-11-20-15-7-5-14(6-8-15)16(19)17-12-13(2)9-10-18/h5-8,13,18H,3-4,9-12H2,1-2H3,(H,17,19). The van der Waals surface area contributed by atoms with Gasteiger partial charge in [0, 0.05) is 18.7 Å². The van der Waals surface area contributed by atoms with Crippen molar-refractivity contribution in [2.24, 2.45) is 5.92 Å². The van der Waals surface area contributed by atoms with Crippen molar-refractivity contribution in [3.05, 3.63) is 29.8 Å². The molecular weight excluding hydrogens is 254 g/mol. The number of amides is 1. The largest absolute Gasteiger partial charge is 0.494 e. The number of carbonyl (C=O) groups is 1. The molecule has 0 saturated heterocycles. The molecule has 0 aliphatic rings. The molecule has 1 rings (SSSR count). The van der Waals surface area contributed by atoms with Gasteiger partial charge in [0.1, 0.15) is 5.75 Å². The van der Waals surface area contributed by atoms with E-state index in [-0.39, 0.29) is 18.4 Å². The van der Waals surface area contributed by atoms with Crippen LogP contribution < -0.4 is 10.1 Å². The van der Waals surface area contributed by atoms with Crippen LogP contribution in [0.5, 0.6) is 5.75 Å². The van der Waals surface area contributed by atoms with Gasteiger partial charge >= 0.3 is 0 Å². The maximum absolute atomic E-state index is 11.9. The summed E-state index contributed by atoms with van der Waals surface area (Å²) in [6.07, 6.45) is 2.84. The molecule has 0 fully saturated rings. The second-order valence-corrected chi connectivity index (χ2v) is 5.05. The summed E-state index contributed by atoms with van der Waals surface area (Å²) in [6, 6.07) is 7.18. The molecule has 1 aromatic carbocycles. The van der Waals surface area contributed by atoms with Crippen LogP contribution in [0, 0.1) is 5.92 Å². The first-order valence-corrected chi connectivity index (χ1v) is 7.29. The van der Waals surface area contributed by atoms with E-state index in [1.54, 1.807) is 12.1 Å². The van der Waals surface area contributed by atoms with Crippen molar-refractivity contribution in [1.82, 2.24) is 5.32 Å². The molecular formula is C16H25NO3. The van der Waals surface area contributed by atoms with E-state index < -0.39 is 0 Å². The molecule has 0 aliphatic carbocycles. The Hall–Kier alpha value is -1.55. The van der Waals surface area contributed by atoms with Gasteiger partial charge in [0.2, 0.25) is 0 Å². The van der Waals surface area contributed by atoms with Crippen LogP contribution in [0.1, 0.15) is 43.5 Å². The Morgan fingerprint density at radius 3 is 2.65 bits per heavy atom. The minimum absolute atomic E-state index is 0.0881. The van der Waals surface area contributed by atoms with Crippen LogP contribution in [0.25, 0.3) is 0 Å². The maximum atomic E-state index is 11.9. The van der Waals surface area contributed by atoms with E-state index in [1.165, 1.54) is 0 Å². The van der Waals surface area contributed by atoms with Crippen LogP contribution in [-0.4, -0.2) is 30.8 Å². The normalized spacial score (nSPS) is 11.9. The Morgan fingerprint density at radius 1 is 1.35 bits per heavy atom. The molecule has 1 atom stereocenters. The molecule has 0 radical (unpaired) electrons. The summed E-state index contributed by atoms with van der Waals surface area (Å²) in [5.41, 5.74) is 0.629. The van der Waals surface area contributed by atoms with Crippen molar-refractivity contribution in [3.63, 3.8) is 0 Å². The molecule has 0 heterocycles. The highest BCUT2D eigenvalue weighted by atomic mass is 16.5. The third-order valence-corrected chi connectivity index (χ3v) is 3.12. The number of benzene rings is 1. The fourth-order valence-corrected chi connectivity index (χ4v) is 1.73. The van der Waals surface area contributed by atoms with Crippen molar-refractivity contribution < 1.29 is 14.6 Å². The summed E-state index contributed by atoms with van der Waals surface area (Å²) in [5, 5.41) is 11.7. The van der Waals surface area contributed by atoms with Crippen LogP contribution in [0.4, 0.5) is 0 Å². The van der Waals surface area contributed by atoms with Crippen molar-refractivity contribution in [3.8, 4) is 5.75 Å². The first-order chi connectivity index (χ1) is 9.67. The number of rotatable bonds is 9. The smallest absolute Gasteiger partial charge is 0.251 e. The van der Waals surface area contributed by atoms with E-state index in [1.807, 2.05) is 19.1 Å². The third kappa shape index (κ3) is 6.06. The molecule has 0 saturated carbocycles. The van der Waals surface area contributed by atoms with Gasteiger partial charge in [-0.1, -0.05) is 20.3 Å². The molecule has 1 amide bonds. The van der Waals surface area contributed by atoms with Gasteiger partial charge < -0.3 is 15.2 Å². The lowest BCUT2D eigenvalue weighted by Gasteiger charge is -2.11. The number of hydrogen-bond acceptors (Lipinski definition) is 3. The van der Waals surface area contributed by atoms with E-state index in [9.17, 15) is 4.79 Å². The Kier molecular flexibility index (Phi) is 7.73. The average molecular weight is 279 g/mol. The second-order valence-electron chi connectivity index (χ2n) is 5.05. The van der Waals surface area contributed by atoms with Gasteiger partial charge in [0.25, 0.3) is 5.91 Å². The number of unbranched alkanes of at least 4 members (excludes halogenated alkanes) is 1. The molecule has 4 nitrogen and oxygen atoms in total. The van der Waals surface area contributed by atoms with Crippen LogP contribution in [0.15, 0.2) is 24.3 Å². The molecule has 0 aliphatic heterocycles. The summed E-state index contributed by atoms with van der Waals surface area (Å²) in [5.74, 6) is 0.985. The van der Waals surface area contributed by atoms with E-state index in [4.69, 9.17) is 9.84 Å². The maximum Gasteiger partial charge on any atom is 0.251 e. The summed E-state index contributed by atoms with van der Waals surface area (Å²) in [4.78, 5) is 11.9. The van der Waals surface area contributed by atoms with Crippen LogP contribution in [0.2, 0.25) is 0 Å². The number of carbonyl (C=O) groups excluding carboxylic acids is 1. The SMILES string of the molecule is CCCCOc1ccc(C(=O)NCC(C)CCO)cc1. The van der Waals surface area contributed by atoms with Crippen LogP contribution in [0.3, 0.4) is 0 Å². The van der Waals surface area contributed by atoms with Gasteiger partial charge in [-0.05, 0) is 43.0 Å². The zero-order chi connectivity index (χ0) is 14.8. The fourth-order valence-electron chi connectivity index (χ4n) is 1.73. The molecule has 0 spiro atoms. The molecule has 1 aromatic rings. The summed E-state index contributed by atoms with van der Waals surface area (Å²) in [7, 11) is 0. The lowest BCUT2D eigenvalue weighted by Crippen LogP contribution is -2.28. The molecule has 112 valence electrons. The fraction of sp³-hybridized carbons (Fsp3) is 0.562. The van der Waals surface area contributed by atoms with Crippen LogP contribution >= 0.6 is 0 Å². The summed E-state index contributed by atoms with van der Waals surface area (Å²) < 4.78 is 5.55. The van der Waals surface area contributed by atoms with Crippen molar-refractivity contribution in [2.75, 3.05) is 19.8 Å². The quantitative estimate of drug-likeness (QED) is 0.683. The third-order valence-electron chi connectivity index (χ3n) is 3.12. The van der Waals surface area contributed by atoms with E-state index in [2.05, 4.69) is 12.2 Å². The highest BCUT2D eigenvalue weighted by Crippen LogP contribution is 2.12. The minimum Gasteiger partial charge on any atom is -0.494 e. The number of nitrogens with one attached hydrogen (secondary N) is 1. The number of aliphatic hydroxyl groups is 1. The van der Waals surface area contributed by atoms with E-state index >= 15 is 0 Å². The highest BCUT2D eigenvalue weighted by molar-refractivity contribution is 5.94. The average Bonchev–Trinajstić information content (AvgIpc) is 2.46. The van der Waals surface area contributed by atoms with E-state index in [0.717, 1.165) is 18.6 Å². The Labute approximate surface area is 121 Å². The van der Waals surface area contributed by atoms with Gasteiger partial charge in [-0.3, -0.25) is 4.79 Å². The summed E-state index contributed by atoms with van der Waals surface area (Å²) in [6.45, 7) is 5.56. The van der Waals surface area contributed by atoms with Crippen molar-refractivity contribution in [2.45, 2.75) is 33.1 Å². The van der Waals surface area contributed by atoms with Gasteiger partial charge in [0.05, 0.1) is 6.61 Å². The van der Waals surface area contributed by atoms with Gasteiger partial charge in [0.15, 0.2) is 0 Å². The van der Waals surface area contributed by atoms with Crippen molar-refractivity contribution >= 4 is 5.91 Å². The van der Waals surface area contributed by atoms with Gasteiger partial charge in [-0.25, -0.2) is 0 Å². The van der Waals surface area contributed by atoms with Crippen LogP contribution in [-0.2, 0) is 0 Å². The first-order valence-electron chi connectivity index (χ1n) is 7.29. The zero-order valence-corrected chi connectivity index (χ0v) is 12.4. The molecule has 2 N–H and O–H groups in total. The highest BCUT2D eigenvalue weighted by Gasteiger charge is 2.07. The lowest BCUT2D eigenvalue weighted by atomic mass is 10.1. The Morgan fingerprint density at radius 2 is 2.05 bits per heavy atom. The Bertz CT molecular complexity index is 389. The summed E-state index contributed by atoms with van der Waals surface area (Å²) >= 11 is 0. The molecule has 0 aromatic heterocycles. The number of hydrogen-bond donors (Lipinski definition) is 2. The lowest BCUT2D eigenvalue weighted by molar-refractivity contribution is 0.0945. The molecule has 1 unspecified atom stereocenters. The monoisotopic (exact) mass is 279 g/mol. The number of aliphatic hydroxyl groups excluding tert-OH is 1. The molecule has 20 heavy (non-hydrogen) atoms. The molecule has 0 bridgehead atoms. The topological polar surface area (TPSA) is 58.6 Å². The number of ether oxygens (including phenoxy) is 1. The first kappa shape index (κ1) is 16.5. The molecule has 4 heteroatoms. The Balaban J connectivity index is 2.40. The minimum atomic E-state index is -0.0881. The van der Waals surface area contributed by atoms with Crippen molar-refractivity contribution in [1.29, 1.82) is 0 Å².